The highest BCUT2D eigenvalue weighted by atomic mass is 32.2. The largest absolute Gasteiger partial charge is 0.163 e. The van der Waals surface area contributed by atoms with Gasteiger partial charge in [-0.25, -0.2) is 0 Å². The van der Waals surface area contributed by atoms with E-state index in [2.05, 4.69) is 27.7 Å². The summed E-state index contributed by atoms with van der Waals surface area (Å²) in [7, 11) is 0. The first-order valence-corrected chi connectivity index (χ1v) is 6.56. The molecule has 0 spiro atoms. The van der Waals surface area contributed by atoms with Crippen LogP contribution in [0.3, 0.4) is 0 Å². The quantitative estimate of drug-likeness (QED) is 0.580. The van der Waals surface area contributed by atoms with E-state index < -0.39 is 0 Å². The molecular weight excluding hydrogens is 164 g/mol. The smallest absolute Gasteiger partial charge is 0.00961 e. The second-order valence-electron chi connectivity index (χ2n) is 1.49. The summed E-state index contributed by atoms with van der Waals surface area (Å²) in [6.45, 7) is 16.6. The summed E-state index contributed by atoms with van der Waals surface area (Å²) in [6.07, 6.45) is 1.25. The molecule has 80 valence electrons. The molecule has 0 aliphatic heterocycles. The highest BCUT2D eigenvalue weighted by Gasteiger charge is 1.67. The van der Waals surface area contributed by atoms with Gasteiger partial charge in [-0.1, -0.05) is 61.8 Å². The standard InChI is InChI=1S/C4H10S.C3H8.2C2H6/c1-3-5-4-2;1-3-2;2*1-2/h3-4H2,1-2H3;3H2,1-2H3;2*1-2H3. The molecule has 0 fully saturated rings. The van der Waals surface area contributed by atoms with Crippen molar-refractivity contribution in [1.29, 1.82) is 0 Å². The Morgan fingerprint density at radius 3 is 0.833 bits per heavy atom. The molecule has 0 bridgehead atoms. The Labute approximate surface area is 85.5 Å². The Balaban J connectivity index is -0.0000000397. The van der Waals surface area contributed by atoms with Crippen LogP contribution in [0.15, 0.2) is 0 Å². The first kappa shape index (κ1) is 22.8. The van der Waals surface area contributed by atoms with E-state index in [1.54, 1.807) is 0 Å². The lowest BCUT2D eigenvalue weighted by Crippen LogP contribution is -1.64. The van der Waals surface area contributed by atoms with Crippen LogP contribution >= 0.6 is 11.8 Å². The molecule has 0 amide bonds. The molecule has 0 aromatic heterocycles. The van der Waals surface area contributed by atoms with Crippen LogP contribution in [-0.2, 0) is 0 Å². The summed E-state index contributed by atoms with van der Waals surface area (Å²) in [5.41, 5.74) is 0. The molecule has 0 nitrogen and oxygen atoms in total. The lowest BCUT2D eigenvalue weighted by Gasteiger charge is -1.80. The van der Waals surface area contributed by atoms with Crippen molar-refractivity contribution in [3.05, 3.63) is 0 Å². The Morgan fingerprint density at radius 2 is 0.833 bits per heavy atom. The molecule has 0 rings (SSSR count). The van der Waals surface area contributed by atoms with Crippen molar-refractivity contribution in [2.75, 3.05) is 11.5 Å². The fourth-order valence-corrected chi connectivity index (χ4v) is 0.612. The van der Waals surface area contributed by atoms with Crippen molar-refractivity contribution < 1.29 is 0 Å². The van der Waals surface area contributed by atoms with Crippen molar-refractivity contribution >= 4 is 11.8 Å². The van der Waals surface area contributed by atoms with Crippen LogP contribution in [-0.4, -0.2) is 11.5 Å². The van der Waals surface area contributed by atoms with E-state index in [0.29, 0.717) is 0 Å². The lowest BCUT2D eigenvalue weighted by atomic mass is 10.6. The van der Waals surface area contributed by atoms with Crippen LogP contribution in [0.5, 0.6) is 0 Å². The van der Waals surface area contributed by atoms with Gasteiger partial charge >= 0.3 is 0 Å². The fourth-order valence-electron chi connectivity index (χ4n) is 0.204. The molecule has 0 aliphatic carbocycles. The highest BCUT2D eigenvalue weighted by molar-refractivity contribution is 7.99. The zero-order valence-electron chi connectivity index (χ0n) is 10.5. The third-order valence-corrected chi connectivity index (χ3v) is 1.22. The van der Waals surface area contributed by atoms with E-state index >= 15 is 0 Å². The van der Waals surface area contributed by atoms with Crippen LogP contribution in [0.1, 0.15) is 61.8 Å². The van der Waals surface area contributed by atoms with E-state index in [4.69, 9.17) is 0 Å². The molecule has 0 N–H and O–H groups in total. The molecular formula is C11H30S. The molecule has 0 atom stereocenters. The van der Waals surface area contributed by atoms with Gasteiger partial charge in [0.1, 0.15) is 0 Å². The summed E-state index contributed by atoms with van der Waals surface area (Å²) in [6, 6.07) is 0. The van der Waals surface area contributed by atoms with Gasteiger partial charge in [0.05, 0.1) is 0 Å². The second-order valence-corrected chi connectivity index (χ2v) is 3.05. The van der Waals surface area contributed by atoms with Gasteiger partial charge in [0.15, 0.2) is 0 Å². The van der Waals surface area contributed by atoms with Crippen molar-refractivity contribution in [2.45, 2.75) is 61.8 Å². The molecule has 0 saturated carbocycles. The van der Waals surface area contributed by atoms with Crippen molar-refractivity contribution in [2.24, 2.45) is 0 Å². The average molecular weight is 194 g/mol. The van der Waals surface area contributed by atoms with Gasteiger partial charge in [0.25, 0.3) is 0 Å². The molecule has 12 heavy (non-hydrogen) atoms. The van der Waals surface area contributed by atoms with E-state index in [1.165, 1.54) is 17.9 Å². The number of hydrogen-bond acceptors (Lipinski definition) is 1. The monoisotopic (exact) mass is 194 g/mol. The van der Waals surface area contributed by atoms with Crippen molar-refractivity contribution in [3.63, 3.8) is 0 Å². The molecule has 0 saturated heterocycles. The van der Waals surface area contributed by atoms with Gasteiger partial charge in [-0.2, -0.15) is 11.8 Å². The predicted molar refractivity (Wildman–Crippen MR) is 67.3 cm³/mol. The minimum atomic E-state index is 1.25. The summed E-state index contributed by atoms with van der Waals surface area (Å²) in [5.74, 6) is 2.52. The van der Waals surface area contributed by atoms with Crippen molar-refractivity contribution in [1.82, 2.24) is 0 Å². The van der Waals surface area contributed by atoms with Crippen LogP contribution in [0.25, 0.3) is 0 Å². The lowest BCUT2D eigenvalue weighted by molar-refractivity contribution is 1.09. The summed E-state index contributed by atoms with van der Waals surface area (Å²) < 4.78 is 0. The molecule has 0 aromatic carbocycles. The zero-order chi connectivity index (χ0) is 10.8. The topological polar surface area (TPSA) is 0 Å². The van der Waals surface area contributed by atoms with Crippen molar-refractivity contribution in [3.8, 4) is 0 Å². The molecule has 0 aliphatic rings. The SMILES string of the molecule is CC.CC.CCC.CCSCC. The average Bonchev–Trinajstić information content (AvgIpc) is 2.14. The number of hydrogen-bond donors (Lipinski definition) is 0. The minimum absolute atomic E-state index is 1.25. The summed E-state index contributed by atoms with van der Waals surface area (Å²) in [5, 5.41) is 0. The van der Waals surface area contributed by atoms with E-state index in [1.807, 2.05) is 39.5 Å². The first-order valence-electron chi connectivity index (χ1n) is 5.41. The summed E-state index contributed by atoms with van der Waals surface area (Å²) in [4.78, 5) is 0. The summed E-state index contributed by atoms with van der Waals surface area (Å²) >= 11 is 1.96. The Bertz CT molecular complexity index is 19.0. The van der Waals surface area contributed by atoms with E-state index in [-0.39, 0.29) is 0 Å². The Morgan fingerprint density at radius 1 is 0.667 bits per heavy atom. The third-order valence-electron chi connectivity index (χ3n) is 0.408. The Kier molecular flexibility index (Phi) is 122. The zero-order valence-corrected chi connectivity index (χ0v) is 11.3. The van der Waals surface area contributed by atoms with Gasteiger partial charge < -0.3 is 0 Å². The minimum Gasteiger partial charge on any atom is -0.163 e. The highest BCUT2D eigenvalue weighted by Crippen LogP contribution is 1.93. The van der Waals surface area contributed by atoms with Crippen LogP contribution in [0.2, 0.25) is 0 Å². The molecule has 1 heteroatoms. The fraction of sp³-hybridized carbons (Fsp3) is 1.00. The maximum Gasteiger partial charge on any atom is -0.00961 e. The Hall–Kier alpha value is 0.350. The van der Waals surface area contributed by atoms with Gasteiger partial charge in [0.2, 0.25) is 0 Å². The maximum atomic E-state index is 2.17. The number of thioether (sulfide) groups is 1. The van der Waals surface area contributed by atoms with Crippen LogP contribution in [0.4, 0.5) is 0 Å². The molecule has 0 aromatic rings. The van der Waals surface area contributed by atoms with Gasteiger partial charge in [-0.15, -0.1) is 0 Å². The first-order chi connectivity index (χ1) is 5.83. The number of rotatable bonds is 2. The molecule has 0 radical (unpaired) electrons. The van der Waals surface area contributed by atoms with E-state index in [9.17, 15) is 0 Å². The van der Waals surface area contributed by atoms with E-state index in [0.717, 1.165) is 0 Å². The normalized spacial score (nSPS) is 6.00. The van der Waals surface area contributed by atoms with Gasteiger partial charge in [0, 0.05) is 0 Å². The molecule has 0 unspecified atom stereocenters. The predicted octanol–water partition coefficient (Wildman–Crippen LogP) is 5.23. The second kappa shape index (κ2) is 64.3. The van der Waals surface area contributed by atoms with Crippen LogP contribution in [0, 0.1) is 0 Å². The van der Waals surface area contributed by atoms with Gasteiger partial charge in [-0.05, 0) is 11.5 Å². The van der Waals surface area contributed by atoms with Crippen LogP contribution < -0.4 is 0 Å². The molecule has 0 heterocycles. The maximum absolute atomic E-state index is 2.17. The van der Waals surface area contributed by atoms with Gasteiger partial charge in [-0.3, -0.25) is 0 Å². The third kappa shape index (κ3) is 164.